The highest BCUT2D eigenvalue weighted by atomic mass is 32.2. The third-order valence-corrected chi connectivity index (χ3v) is 4.55. The molecule has 2 rings (SSSR count). The Morgan fingerprint density at radius 2 is 1.88 bits per heavy atom. The third kappa shape index (κ3) is 7.10. The molecule has 0 heterocycles. The van der Waals surface area contributed by atoms with Gasteiger partial charge in [-0.3, -0.25) is 4.79 Å². The van der Waals surface area contributed by atoms with Gasteiger partial charge < -0.3 is 14.8 Å². The molecule has 0 aromatic heterocycles. The molecule has 1 N–H and O–H groups in total. The number of rotatable bonds is 9. The summed E-state index contributed by atoms with van der Waals surface area (Å²) in [6, 6.07) is 15.7. The van der Waals surface area contributed by atoms with Gasteiger partial charge in [-0.1, -0.05) is 29.8 Å². The maximum atomic E-state index is 12.0. The molecular weight excluding hydrogens is 334 g/mol. The van der Waals surface area contributed by atoms with E-state index in [2.05, 4.69) is 30.4 Å². The van der Waals surface area contributed by atoms with Gasteiger partial charge in [-0.05, 0) is 43.7 Å². The molecule has 0 saturated heterocycles. The van der Waals surface area contributed by atoms with Gasteiger partial charge in [-0.25, -0.2) is 0 Å². The molecule has 2 aromatic rings. The second-order valence-corrected chi connectivity index (χ2v) is 6.92. The topological polar surface area (TPSA) is 47.6 Å². The van der Waals surface area contributed by atoms with Crippen LogP contribution in [0.1, 0.15) is 18.1 Å². The van der Waals surface area contributed by atoms with Crippen LogP contribution in [0.4, 0.5) is 0 Å². The lowest BCUT2D eigenvalue weighted by Crippen LogP contribution is -2.37. The van der Waals surface area contributed by atoms with Crippen LogP contribution < -0.4 is 14.8 Å². The van der Waals surface area contributed by atoms with E-state index in [0.29, 0.717) is 12.4 Å². The Labute approximate surface area is 153 Å². The van der Waals surface area contributed by atoms with E-state index in [1.165, 1.54) is 11.1 Å². The molecule has 1 amide bonds. The second-order valence-electron chi connectivity index (χ2n) is 5.94. The van der Waals surface area contributed by atoms with Crippen molar-refractivity contribution in [1.82, 2.24) is 5.32 Å². The Balaban J connectivity index is 1.65. The molecular formula is C20H25NO3S. The Hall–Kier alpha value is -2.14. The van der Waals surface area contributed by atoms with Crippen LogP contribution in [0.25, 0.3) is 0 Å². The van der Waals surface area contributed by atoms with E-state index >= 15 is 0 Å². The molecule has 4 nitrogen and oxygen atoms in total. The fourth-order valence-corrected chi connectivity index (χ4v) is 3.10. The first-order valence-corrected chi connectivity index (χ1v) is 9.42. The van der Waals surface area contributed by atoms with E-state index in [0.717, 1.165) is 17.3 Å². The average Bonchev–Trinajstić information content (AvgIpc) is 2.60. The van der Waals surface area contributed by atoms with Crippen molar-refractivity contribution in [2.24, 2.45) is 0 Å². The lowest BCUT2D eigenvalue weighted by atomic mass is 10.2. The molecule has 0 spiro atoms. The average molecular weight is 359 g/mol. The maximum absolute atomic E-state index is 12.0. The van der Waals surface area contributed by atoms with Gasteiger partial charge >= 0.3 is 0 Å². The van der Waals surface area contributed by atoms with E-state index in [9.17, 15) is 4.79 Å². The minimum atomic E-state index is -0.0471. The first-order valence-electron chi connectivity index (χ1n) is 8.26. The molecule has 0 bridgehead atoms. The van der Waals surface area contributed by atoms with Gasteiger partial charge in [-0.15, -0.1) is 11.8 Å². The number of amides is 1. The van der Waals surface area contributed by atoms with Crippen molar-refractivity contribution in [3.05, 3.63) is 59.7 Å². The van der Waals surface area contributed by atoms with Crippen molar-refractivity contribution in [2.75, 3.05) is 19.5 Å². The molecule has 0 aliphatic carbocycles. The number of benzene rings is 2. The highest BCUT2D eigenvalue weighted by Crippen LogP contribution is 2.17. The second kappa shape index (κ2) is 9.99. The lowest BCUT2D eigenvalue weighted by Gasteiger charge is -2.15. The largest absolute Gasteiger partial charge is 0.497 e. The Morgan fingerprint density at radius 3 is 2.56 bits per heavy atom. The van der Waals surface area contributed by atoms with Crippen LogP contribution in [-0.2, 0) is 10.5 Å². The molecule has 5 heteroatoms. The number of ether oxygens (including phenoxy) is 2. The number of hydrogen-bond acceptors (Lipinski definition) is 4. The highest BCUT2D eigenvalue weighted by Gasteiger charge is 2.08. The molecule has 2 aromatic carbocycles. The number of carbonyl (C=O) groups excluding carboxylic acids is 1. The summed E-state index contributed by atoms with van der Waals surface area (Å²) in [5.41, 5.74) is 2.49. The molecule has 25 heavy (non-hydrogen) atoms. The predicted molar refractivity (Wildman–Crippen MR) is 103 cm³/mol. The number of carbonyl (C=O) groups is 1. The molecule has 0 radical (unpaired) electrons. The Bertz CT molecular complexity index is 673. The molecule has 0 aliphatic heterocycles. The number of thioether (sulfide) groups is 1. The Morgan fingerprint density at radius 1 is 1.16 bits per heavy atom. The summed E-state index contributed by atoms with van der Waals surface area (Å²) in [6.07, 6.45) is 0. The number of hydrogen-bond donors (Lipinski definition) is 1. The molecule has 0 saturated carbocycles. The van der Waals surface area contributed by atoms with Crippen LogP contribution in [0.5, 0.6) is 11.5 Å². The van der Waals surface area contributed by atoms with Crippen LogP contribution in [-0.4, -0.2) is 31.4 Å². The first-order chi connectivity index (χ1) is 12.1. The normalized spacial score (nSPS) is 11.6. The van der Waals surface area contributed by atoms with Crippen LogP contribution in [0.15, 0.2) is 48.5 Å². The summed E-state index contributed by atoms with van der Waals surface area (Å²) < 4.78 is 10.8. The van der Waals surface area contributed by atoms with Gasteiger partial charge in [-0.2, -0.15) is 0 Å². The van der Waals surface area contributed by atoms with Gasteiger partial charge in [0.25, 0.3) is 0 Å². The molecule has 0 fully saturated rings. The molecule has 0 aliphatic rings. The minimum Gasteiger partial charge on any atom is -0.497 e. The summed E-state index contributed by atoms with van der Waals surface area (Å²) >= 11 is 1.62. The molecule has 134 valence electrons. The maximum Gasteiger partial charge on any atom is 0.230 e. The van der Waals surface area contributed by atoms with Crippen molar-refractivity contribution in [1.29, 1.82) is 0 Å². The van der Waals surface area contributed by atoms with E-state index < -0.39 is 0 Å². The van der Waals surface area contributed by atoms with Crippen LogP contribution in [0.2, 0.25) is 0 Å². The van der Waals surface area contributed by atoms with Crippen molar-refractivity contribution >= 4 is 17.7 Å². The van der Waals surface area contributed by atoms with Crippen molar-refractivity contribution < 1.29 is 14.3 Å². The third-order valence-electron chi connectivity index (χ3n) is 3.55. The quantitative estimate of drug-likeness (QED) is 0.739. The van der Waals surface area contributed by atoms with Crippen molar-refractivity contribution in [3.8, 4) is 11.5 Å². The van der Waals surface area contributed by atoms with Gasteiger partial charge in [0, 0.05) is 5.75 Å². The number of nitrogens with one attached hydrogen (secondary N) is 1. The van der Waals surface area contributed by atoms with Crippen LogP contribution in [0, 0.1) is 6.92 Å². The van der Waals surface area contributed by atoms with Gasteiger partial charge in [0.2, 0.25) is 5.91 Å². The van der Waals surface area contributed by atoms with E-state index in [1.54, 1.807) is 18.9 Å². The van der Waals surface area contributed by atoms with Crippen molar-refractivity contribution in [3.63, 3.8) is 0 Å². The summed E-state index contributed by atoms with van der Waals surface area (Å²) in [7, 11) is 1.63. The highest BCUT2D eigenvalue weighted by molar-refractivity contribution is 7.99. The summed E-state index contributed by atoms with van der Waals surface area (Å²) in [6.45, 7) is 4.44. The van der Waals surface area contributed by atoms with E-state index in [4.69, 9.17) is 9.47 Å². The zero-order valence-electron chi connectivity index (χ0n) is 15.0. The van der Waals surface area contributed by atoms with E-state index in [1.807, 2.05) is 37.3 Å². The van der Waals surface area contributed by atoms with E-state index in [-0.39, 0.29) is 11.9 Å². The monoisotopic (exact) mass is 359 g/mol. The minimum absolute atomic E-state index is 0.0310. The molecule has 0 unspecified atom stereocenters. The summed E-state index contributed by atoms with van der Waals surface area (Å²) in [5, 5.41) is 2.96. The summed E-state index contributed by atoms with van der Waals surface area (Å²) in [4.78, 5) is 12.0. The predicted octanol–water partition coefficient (Wildman–Crippen LogP) is 3.82. The number of aryl methyl sites for hydroxylation is 1. The Kier molecular flexibility index (Phi) is 7.67. The summed E-state index contributed by atoms with van der Waals surface area (Å²) in [5.74, 6) is 2.87. The number of methoxy groups -OCH3 is 1. The molecule has 1 atom stereocenters. The van der Waals surface area contributed by atoms with Crippen LogP contribution >= 0.6 is 11.8 Å². The van der Waals surface area contributed by atoms with Gasteiger partial charge in [0.05, 0.1) is 18.9 Å². The first kappa shape index (κ1) is 19.2. The van der Waals surface area contributed by atoms with Gasteiger partial charge in [0.15, 0.2) is 0 Å². The van der Waals surface area contributed by atoms with Crippen LogP contribution in [0.3, 0.4) is 0 Å². The SMILES string of the molecule is COc1ccc(OC[C@H](C)NC(=O)CSCc2cccc(C)c2)cc1. The zero-order valence-corrected chi connectivity index (χ0v) is 15.8. The standard InChI is InChI=1S/C20H25NO3S/c1-15-5-4-6-17(11-15)13-25-14-20(22)21-16(2)12-24-19-9-7-18(23-3)8-10-19/h4-11,16H,12-14H2,1-3H3,(H,21,22)/t16-/m0/s1. The van der Waals surface area contributed by atoms with Crippen molar-refractivity contribution in [2.45, 2.75) is 25.6 Å². The zero-order chi connectivity index (χ0) is 18.1. The fourth-order valence-electron chi connectivity index (χ4n) is 2.31. The fraction of sp³-hybridized carbons (Fsp3) is 0.350. The smallest absolute Gasteiger partial charge is 0.230 e. The van der Waals surface area contributed by atoms with Gasteiger partial charge in [0.1, 0.15) is 18.1 Å². The lowest BCUT2D eigenvalue weighted by molar-refractivity contribution is -0.119.